The number of aromatic nitrogens is 1. The lowest BCUT2D eigenvalue weighted by Gasteiger charge is -2.44. The van der Waals surface area contributed by atoms with Crippen LogP contribution in [-0.2, 0) is 6.42 Å². The summed E-state index contributed by atoms with van der Waals surface area (Å²) in [6.07, 6.45) is 9.49. The van der Waals surface area contributed by atoms with Crippen molar-refractivity contribution in [3.63, 3.8) is 0 Å². The lowest BCUT2D eigenvalue weighted by Crippen LogP contribution is -2.61. The van der Waals surface area contributed by atoms with E-state index < -0.39 is 0 Å². The molecule has 1 saturated carbocycles. The monoisotopic (exact) mass is 436 g/mol. The van der Waals surface area contributed by atoms with E-state index in [1.807, 2.05) is 10.3 Å². The summed E-state index contributed by atoms with van der Waals surface area (Å²) in [5, 5.41) is 3.02. The lowest BCUT2D eigenvalue weighted by atomic mass is 9.80. The van der Waals surface area contributed by atoms with Gasteiger partial charge >= 0.3 is 0 Å². The van der Waals surface area contributed by atoms with Gasteiger partial charge in [0.15, 0.2) is 5.13 Å². The molecule has 5 nitrogen and oxygen atoms in total. The van der Waals surface area contributed by atoms with Gasteiger partial charge in [-0.2, -0.15) is 0 Å². The first-order valence-electron chi connectivity index (χ1n) is 12.1. The minimum atomic E-state index is 0.106. The third-order valence-corrected chi connectivity index (χ3v) is 8.94. The van der Waals surface area contributed by atoms with Crippen LogP contribution in [0.25, 0.3) is 0 Å². The van der Waals surface area contributed by atoms with Crippen molar-refractivity contribution in [1.29, 1.82) is 0 Å². The van der Waals surface area contributed by atoms with Crippen LogP contribution in [0.3, 0.4) is 0 Å². The molecular formula is C25H32N4OS. The van der Waals surface area contributed by atoms with Crippen LogP contribution >= 0.6 is 11.3 Å². The van der Waals surface area contributed by atoms with E-state index in [1.54, 1.807) is 11.3 Å². The fraction of sp³-hybridized carbons (Fsp3) is 0.600. The average Bonchev–Trinajstić information content (AvgIpc) is 3.53. The Labute approximate surface area is 189 Å². The van der Waals surface area contributed by atoms with Gasteiger partial charge in [0.1, 0.15) is 5.69 Å². The average molecular weight is 437 g/mol. The number of carbonyl (C=O) groups excluding carboxylic acids is 1. The summed E-state index contributed by atoms with van der Waals surface area (Å²) in [5.41, 5.74) is 3.44. The molecule has 164 valence electrons. The molecule has 2 aromatic rings. The van der Waals surface area contributed by atoms with Crippen molar-refractivity contribution < 1.29 is 4.79 Å². The van der Waals surface area contributed by atoms with E-state index in [2.05, 4.69) is 34.1 Å². The van der Waals surface area contributed by atoms with Crippen molar-refractivity contribution in [2.24, 2.45) is 11.8 Å². The molecule has 0 spiro atoms. The fourth-order valence-corrected chi connectivity index (χ4v) is 7.02. The summed E-state index contributed by atoms with van der Waals surface area (Å²) in [6.45, 7) is 4.93. The molecule has 1 aromatic heterocycles. The Morgan fingerprint density at radius 3 is 2.68 bits per heavy atom. The Kier molecular flexibility index (Phi) is 5.13. The van der Waals surface area contributed by atoms with Gasteiger partial charge < -0.3 is 14.7 Å². The topological polar surface area (TPSA) is 39.7 Å². The Balaban J connectivity index is 1.05. The molecule has 6 rings (SSSR count). The Morgan fingerprint density at radius 2 is 1.81 bits per heavy atom. The standard InChI is InChI=1S/C25H32N4OS/c30-24(28-15-21(16-28)29-13-11-19-8-4-5-9-23(19)29)22-17-31-25(26-22)27-12-10-20(14-27)18-6-2-1-3-7-18/h4-5,8-9,17-18,20-21H,1-3,6-7,10-16H2. The van der Waals surface area contributed by atoms with Crippen molar-refractivity contribution in [3.05, 3.63) is 40.9 Å². The van der Waals surface area contributed by atoms with Crippen LogP contribution in [-0.4, -0.2) is 54.6 Å². The normalized spacial score (nSPS) is 24.5. The van der Waals surface area contributed by atoms with Crippen LogP contribution in [0.1, 0.15) is 54.6 Å². The smallest absolute Gasteiger partial charge is 0.273 e. The maximum atomic E-state index is 13.0. The predicted octanol–water partition coefficient (Wildman–Crippen LogP) is 4.44. The molecule has 4 heterocycles. The van der Waals surface area contributed by atoms with Gasteiger partial charge in [-0.15, -0.1) is 11.3 Å². The molecule has 6 heteroatoms. The van der Waals surface area contributed by atoms with Gasteiger partial charge in [0.2, 0.25) is 0 Å². The van der Waals surface area contributed by atoms with Crippen molar-refractivity contribution in [3.8, 4) is 0 Å². The number of fused-ring (bicyclic) bond motifs is 1. The third kappa shape index (κ3) is 3.63. The number of para-hydroxylation sites is 1. The second kappa shape index (κ2) is 8.12. The summed E-state index contributed by atoms with van der Waals surface area (Å²) in [4.78, 5) is 24.7. The number of anilines is 2. The number of nitrogens with zero attached hydrogens (tertiary/aromatic N) is 4. The van der Waals surface area contributed by atoms with Crippen molar-refractivity contribution >= 4 is 28.1 Å². The lowest BCUT2D eigenvalue weighted by molar-refractivity contribution is 0.0595. The zero-order valence-corrected chi connectivity index (χ0v) is 19.0. The van der Waals surface area contributed by atoms with E-state index in [1.165, 1.54) is 49.8 Å². The highest BCUT2D eigenvalue weighted by molar-refractivity contribution is 7.13. The summed E-state index contributed by atoms with van der Waals surface area (Å²) in [7, 11) is 0. The van der Waals surface area contributed by atoms with E-state index in [0.29, 0.717) is 11.7 Å². The van der Waals surface area contributed by atoms with Gasteiger partial charge in [-0.3, -0.25) is 4.79 Å². The first-order chi connectivity index (χ1) is 15.3. The summed E-state index contributed by atoms with van der Waals surface area (Å²) in [5.74, 6) is 1.84. The van der Waals surface area contributed by atoms with Gasteiger partial charge in [-0.05, 0) is 36.3 Å². The van der Waals surface area contributed by atoms with Gasteiger partial charge in [-0.25, -0.2) is 4.98 Å². The number of benzene rings is 1. The van der Waals surface area contributed by atoms with E-state index >= 15 is 0 Å². The van der Waals surface area contributed by atoms with Crippen molar-refractivity contribution in [1.82, 2.24) is 9.88 Å². The zero-order chi connectivity index (χ0) is 20.8. The Hall–Kier alpha value is -2.08. The summed E-state index contributed by atoms with van der Waals surface area (Å²) < 4.78 is 0. The molecule has 1 aliphatic carbocycles. The molecule has 0 radical (unpaired) electrons. The van der Waals surface area contributed by atoms with E-state index in [9.17, 15) is 4.79 Å². The van der Waals surface area contributed by atoms with Gasteiger partial charge in [-0.1, -0.05) is 50.3 Å². The molecule has 31 heavy (non-hydrogen) atoms. The van der Waals surface area contributed by atoms with Crippen LogP contribution in [0, 0.1) is 11.8 Å². The largest absolute Gasteiger partial charge is 0.364 e. The van der Waals surface area contributed by atoms with Gasteiger partial charge in [0.25, 0.3) is 5.91 Å². The summed E-state index contributed by atoms with van der Waals surface area (Å²) >= 11 is 1.65. The maximum absolute atomic E-state index is 13.0. The predicted molar refractivity (Wildman–Crippen MR) is 126 cm³/mol. The molecule has 4 aliphatic rings. The molecule has 0 N–H and O–H groups in total. The number of likely N-dealkylation sites (tertiary alicyclic amines) is 1. The molecule has 3 fully saturated rings. The molecule has 0 bridgehead atoms. The SMILES string of the molecule is O=C(c1csc(N2CCC(C3CCCCC3)C2)n1)N1CC(N2CCc3ccccc32)C1. The number of thiazole rings is 1. The quantitative estimate of drug-likeness (QED) is 0.711. The zero-order valence-electron chi connectivity index (χ0n) is 18.2. The van der Waals surface area contributed by atoms with Crippen LogP contribution in [0.5, 0.6) is 0 Å². The highest BCUT2D eigenvalue weighted by atomic mass is 32.1. The fourth-order valence-electron chi connectivity index (χ4n) is 6.18. The third-order valence-electron chi connectivity index (χ3n) is 8.04. The van der Waals surface area contributed by atoms with Crippen LogP contribution in [0.4, 0.5) is 10.8 Å². The van der Waals surface area contributed by atoms with Crippen molar-refractivity contribution in [2.75, 3.05) is 42.5 Å². The van der Waals surface area contributed by atoms with E-state index in [0.717, 1.165) is 56.1 Å². The number of hydrogen-bond donors (Lipinski definition) is 0. The first kappa shape index (κ1) is 19.6. The molecule has 1 amide bonds. The highest BCUT2D eigenvalue weighted by Crippen LogP contribution is 2.37. The molecular weight excluding hydrogens is 404 g/mol. The minimum absolute atomic E-state index is 0.106. The van der Waals surface area contributed by atoms with Crippen LogP contribution in [0.15, 0.2) is 29.6 Å². The van der Waals surface area contributed by atoms with Crippen molar-refractivity contribution in [2.45, 2.75) is 51.0 Å². The van der Waals surface area contributed by atoms with Crippen LogP contribution < -0.4 is 9.80 Å². The number of amides is 1. The second-order valence-electron chi connectivity index (χ2n) is 9.84. The summed E-state index contributed by atoms with van der Waals surface area (Å²) in [6, 6.07) is 9.13. The highest BCUT2D eigenvalue weighted by Gasteiger charge is 2.38. The molecule has 1 atom stereocenters. The molecule has 1 aromatic carbocycles. The van der Waals surface area contributed by atoms with Crippen LogP contribution in [0.2, 0.25) is 0 Å². The maximum Gasteiger partial charge on any atom is 0.273 e. The Morgan fingerprint density at radius 1 is 0.968 bits per heavy atom. The number of carbonyl (C=O) groups is 1. The number of rotatable bonds is 4. The minimum Gasteiger partial charge on any atom is -0.364 e. The molecule has 1 unspecified atom stereocenters. The molecule has 3 aliphatic heterocycles. The molecule has 2 saturated heterocycles. The number of hydrogen-bond acceptors (Lipinski definition) is 5. The van der Waals surface area contributed by atoms with E-state index in [-0.39, 0.29) is 5.91 Å². The van der Waals surface area contributed by atoms with Gasteiger partial charge in [0, 0.05) is 43.8 Å². The second-order valence-corrected chi connectivity index (χ2v) is 10.7. The Bertz CT molecular complexity index is 947. The van der Waals surface area contributed by atoms with E-state index in [4.69, 9.17) is 4.98 Å². The van der Waals surface area contributed by atoms with Gasteiger partial charge in [0.05, 0.1) is 6.04 Å². The first-order valence-corrected chi connectivity index (χ1v) is 13.0.